The summed E-state index contributed by atoms with van der Waals surface area (Å²) < 4.78 is 26.4. The topological polar surface area (TPSA) is 86.8 Å². The third-order valence-corrected chi connectivity index (χ3v) is 8.00. The standard InChI is InChI=1S/C26H25Cl4N3O4S/c1-31-26(35)24(12-17-6-4-3-5-7-17)32(15-18-8-9-19(27)13-22(18)30)25(34)16-33(38(2,36)37)23-14-20(28)10-11-21(23)29/h3-11,13-14,24H,12,15-16H2,1-2H3,(H,31,35). The summed E-state index contributed by atoms with van der Waals surface area (Å²) in [5, 5.41) is 3.63. The highest BCUT2D eigenvalue weighted by molar-refractivity contribution is 7.92. The zero-order valence-electron chi connectivity index (χ0n) is 20.5. The van der Waals surface area contributed by atoms with Crippen molar-refractivity contribution in [3.8, 4) is 0 Å². The van der Waals surface area contributed by atoms with Gasteiger partial charge in [0.1, 0.15) is 12.6 Å². The zero-order chi connectivity index (χ0) is 28.0. The van der Waals surface area contributed by atoms with Crippen LogP contribution in [0.25, 0.3) is 0 Å². The fourth-order valence-electron chi connectivity index (χ4n) is 3.83. The molecule has 0 saturated heterocycles. The lowest BCUT2D eigenvalue weighted by molar-refractivity contribution is -0.139. The van der Waals surface area contributed by atoms with Crippen LogP contribution in [-0.2, 0) is 32.6 Å². The number of amides is 2. The van der Waals surface area contributed by atoms with Crippen LogP contribution >= 0.6 is 46.4 Å². The number of likely N-dealkylation sites (N-methyl/N-ethyl adjacent to an activating group) is 1. The van der Waals surface area contributed by atoms with E-state index in [1.54, 1.807) is 12.1 Å². The number of benzene rings is 3. The van der Waals surface area contributed by atoms with Crippen LogP contribution in [0.5, 0.6) is 0 Å². The average molecular weight is 617 g/mol. The normalized spacial score (nSPS) is 12.1. The van der Waals surface area contributed by atoms with E-state index in [4.69, 9.17) is 46.4 Å². The molecule has 1 atom stereocenters. The lowest BCUT2D eigenvalue weighted by atomic mass is 10.0. The number of anilines is 1. The van der Waals surface area contributed by atoms with E-state index in [9.17, 15) is 18.0 Å². The quantitative estimate of drug-likeness (QED) is 0.328. The van der Waals surface area contributed by atoms with Crippen LogP contribution in [0.2, 0.25) is 20.1 Å². The fourth-order valence-corrected chi connectivity index (χ4v) is 5.58. The summed E-state index contributed by atoms with van der Waals surface area (Å²) in [7, 11) is -2.52. The van der Waals surface area contributed by atoms with Crippen LogP contribution in [0.4, 0.5) is 5.69 Å². The van der Waals surface area contributed by atoms with Gasteiger partial charge in [0.2, 0.25) is 21.8 Å². The molecular weight excluding hydrogens is 592 g/mol. The van der Waals surface area contributed by atoms with Gasteiger partial charge in [-0.3, -0.25) is 13.9 Å². The molecule has 0 aliphatic rings. The minimum atomic E-state index is -3.98. The van der Waals surface area contributed by atoms with Crippen LogP contribution in [0, 0.1) is 0 Å². The molecule has 0 saturated carbocycles. The third-order valence-electron chi connectivity index (χ3n) is 5.73. The van der Waals surface area contributed by atoms with Crippen molar-refractivity contribution in [3.63, 3.8) is 0 Å². The lowest BCUT2D eigenvalue weighted by Crippen LogP contribution is -2.53. The van der Waals surface area contributed by atoms with E-state index >= 15 is 0 Å². The number of rotatable bonds is 10. The van der Waals surface area contributed by atoms with Crippen LogP contribution in [0.3, 0.4) is 0 Å². The van der Waals surface area contributed by atoms with Crippen molar-refractivity contribution in [2.24, 2.45) is 0 Å². The Labute approximate surface area is 242 Å². The van der Waals surface area contributed by atoms with Crippen LogP contribution < -0.4 is 9.62 Å². The minimum absolute atomic E-state index is 0.0408. The number of hydrogen-bond acceptors (Lipinski definition) is 4. The number of nitrogens with zero attached hydrogens (tertiary/aromatic N) is 2. The van der Waals surface area contributed by atoms with Gasteiger partial charge in [-0.05, 0) is 41.5 Å². The van der Waals surface area contributed by atoms with Gasteiger partial charge in [0.15, 0.2) is 0 Å². The van der Waals surface area contributed by atoms with E-state index in [0.29, 0.717) is 15.6 Å². The second-order valence-corrected chi connectivity index (χ2v) is 12.0. The van der Waals surface area contributed by atoms with Crippen LogP contribution in [-0.4, -0.2) is 51.0 Å². The predicted octanol–water partition coefficient (Wildman–Crippen LogP) is 5.45. The average Bonchev–Trinajstić information content (AvgIpc) is 2.86. The molecule has 3 aromatic rings. The number of sulfonamides is 1. The molecular formula is C26H25Cl4N3O4S. The summed E-state index contributed by atoms with van der Waals surface area (Å²) in [6, 6.07) is 17.3. The number of carbonyl (C=O) groups is 2. The molecule has 1 N–H and O–H groups in total. The molecule has 3 aromatic carbocycles. The highest BCUT2D eigenvalue weighted by Crippen LogP contribution is 2.31. The molecule has 12 heteroatoms. The first kappa shape index (κ1) is 30.1. The first-order valence-corrected chi connectivity index (χ1v) is 14.7. The molecule has 0 spiro atoms. The van der Waals surface area contributed by atoms with Gasteiger partial charge in [0, 0.05) is 35.1 Å². The summed E-state index contributed by atoms with van der Waals surface area (Å²) >= 11 is 24.8. The van der Waals surface area contributed by atoms with Gasteiger partial charge in [-0.25, -0.2) is 8.42 Å². The smallest absolute Gasteiger partial charge is 0.244 e. The predicted molar refractivity (Wildman–Crippen MR) is 154 cm³/mol. The van der Waals surface area contributed by atoms with Crippen LogP contribution in [0.15, 0.2) is 66.7 Å². The Morgan fingerprint density at radius 2 is 1.53 bits per heavy atom. The molecule has 7 nitrogen and oxygen atoms in total. The Morgan fingerprint density at radius 3 is 2.13 bits per heavy atom. The van der Waals surface area contributed by atoms with E-state index in [0.717, 1.165) is 16.1 Å². The molecule has 202 valence electrons. The second-order valence-electron chi connectivity index (χ2n) is 8.44. The van der Waals surface area contributed by atoms with Gasteiger partial charge in [-0.1, -0.05) is 82.8 Å². The van der Waals surface area contributed by atoms with E-state index < -0.39 is 34.4 Å². The molecule has 0 heterocycles. The monoisotopic (exact) mass is 615 g/mol. The van der Waals surface area contributed by atoms with Gasteiger partial charge >= 0.3 is 0 Å². The maximum Gasteiger partial charge on any atom is 0.244 e. The largest absolute Gasteiger partial charge is 0.357 e. The van der Waals surface area contributed by atoms with Crippen molar-refractivity contribution >= 4 is 73.9 Å². The summed E-state index contributed by atoms with van der Waals surface area (Å²) in [5.41, 5.74) is 1.37. The first-order valence-electron chi connectivity index (χ1n) is 11.3. The first-order chi connectivity index (χ1) is 17.9. The molecule has 0 aromatic heterocycles. The molecule has 0 bridgehead atoms. The lowest BCUT2D eigenvalue weighted by Gasteiger charge is -2.33. The maximum absolute atomic E-state index is 13.9. The van der Waals surface area contributed by atoms with Crippen molar-refractivity contribution in [2.75, 3.05) is 24.2 Å². The highest BCUT2D eigenvalue weighted by atomic mass is 35.5. The zero-order valence-corrected chi connectivity index (χ0v) is 24.3. The molecule has 0 aliphatic heterocycles. The van der Waals surface area contributed by atoms with Gasteiger partial charge in [0.25, 0.3) is 0 Å². The molecule has 3 rings (SSSR count). The summed E-state index contributed by atoms with van der Waals surface area (Å²) in [4.78, 5) is 28.3. The van der Waals surface area contributed by atoms with Gasteiger partial charge in [-0.2, -0.15) is 0 Å². The Morgan fingerprint density at radius 1 is 0.895 bits per heavy atom. The molecule has 1 unspecified atom stereocenters. The van der Waals surface area contributed by atoms with Gasteiger partial charge < -0.3 is 10.2 Å². The Hall–Kier alpha value is -2.49. The number of halogens is 4. The Balaban J connectivity index is 2.08. The summed E-state index contributed by atoms with van der Waals surface area (Å²) in [5.74, 6) is -1.08. The van der Waals surface area contributed by atoms with Crippen molar-refractivity contribution in [1.29, 1.82) is 0 Å². The van der Waals surface area contributed by atoms with Crippen molar-refractivity contribution in [3.05, 3.63) is 97.9 Å². The molecule has 38 heavy (non-hydrogen) atoms. The van der Waals surface area contributed by atoms with Crippen molar-refractivity contribution in [2.45, 2.75) is 19.0 Å². The number of carbonyl (C=O) groups excluding carboxylic acids is 2. The number of nitrogens with one attached hydrogen (secondary N) is 1. The van der Waals surface area contributed by atoms with Crippen molar-refractivity contribution < 1.29 is 18.0 Å². The maximum atomic E-state index is 13.9. The Kier molecular flexibility index (Phi) is 10.3. The van der Waals surface area contributed by atoms with Gasteiger partial charge in [-0.15, -0.1) is 0 Å². The minimum Gasteiger partial charge on any atom is -0.357 e. The van der Waals surface area contributed by atoms with E-state index in [1.807, 2.05) is 30.3 Å². The molecule has 0 aliphatic carbocycles. The van der Waals surface area contributed by atoms with E-state index in [2.05, 4.69) is 5.32 Å². The van der Waals surface area contributed by atoms with Gasteiger partial charge in [0.05, 0.1) is 17.0 Å². The second kappa shape index (κ2) is 13.0. The summed E-state index contributed by atoms with van der Waals surface area (Å²) in [6.07, 6.45) is 1.13. The SMILES string of the molecule is CNC(=O)C(Cc1ccccc1)N(Cc1ccc(Cl)cc1Cl)C(=O)CN(c1cc(Cl)ccc1Cl)S(C)(=O)=O. The van der Waals surface area contributed by atoms with Crippen molar-refractivity contribution in [1.82, 2.24) is 10.2 Å². The third kappa shape index (κ3) is 7.77. The summed E-state index contributed by atoms with van der Waals surface area (Å²) in [6.45, 7) is -0.715. The fraction of sp³-hybridized carbons (Fsp3) is 0.231. The molecule has 0 radical (unpaired) electrons. The van der Waals surface area contributed by atoms with Crippen LogP contribution in [0.1, 0.15) is 11.1 Å². The molecule has 2 amide bonds. The van der Waals surface area contributed by atoms with E-state index in [-0.39, 0.29) is 28.7 Å². The molecule has 0 fully saturated rings. The number of hydrogen-bond donors (Lipinski definition) is 1. The Bertz CT molecular complexity index is 1420. The highest BCUT2D eigenvalue weighted by Gasteiger charge is 2.33. The van der Waals surface area contributed by atoms with E-state index in [1.165, 1.54) is 36.2 Å².